The standard InChI is InChI=1S/C25H24ClN3O5S/c1-4-33-24(31)22-15(2)27-25-29(10-11-35-25)23(22)16-8-9-19(20(12-16)32-3)34-14-21(30)28-18-7-5-6-17(26)13-18/h5-13,23H,4,14H2,1-3H3,(H,28,30)/t23-/m1/s1. The summed E-state index contributed by atoms with van der Waals surface area (Å²) in [4.78, 5) is 31.7. The molecule has 0 fully saturated rings. The molecule has 0 saturated heterocycles. The molecule has 8 nitrogen and oxygen atoms in total. The van der Waals surface area contributed by atoms with Crippen LogP contribution in [0.25, 0.3) is 0 Å². The number of halogens is 1. The van der Waals surface area contributed by atoms with E-state index in [0.717, 1.165) is 10.7 Å². The van der Waals surface area contributed by atoms with Crippen LogP contribution in [0.4, 0.5) is 5.69 Å². The van der Waals surface area contributed by atoms with E-state index in [4.69, 9.17) is 25.8 Å². The predicted molar refractivity (Wildman–Crippen MR) is 137 cm³/mol. The molecule has 2 heterocycles. The van der Waals surface area contributed by atoms with Crippen LogP contribution in [-0.2, 0) is 14.3 Å². The number of aliphatic imine (C=N–C) groups is 1. The predicted octanol–water partition coefficient (Wildman–Crippen LogP) is 5.13. The summed E-state index contributed by atoms with van der Waals surface area (Å²) in [6, 6.07) is 11.8. The maximum atomic E-state index is 12.8. The van der Waals surface area contributed by atoms with Gasteiger partial charge in [0.15, 0.2) is 23.3 Å². The molecule has 0 aromatic heterocycles. The molecule has 10 heteroatoms. The number of nitrogens with zero attached hydrogens (tertiary/aromatic N) is 2. The minimum absolute atomic E-state index is 0.221. The molecular formula is C25H24ClN3O5S. The van der Waals surface area contributed by atoms with Gasteiger partial charge in [-0.25, -0.2) is 9.79 Å². The number of ether oxygens (including phenoxy) is 3. The topological polar surface area (TPSA) is 89.5 Å². The van der Waals surface area contributed by atoms with E-state index in [1.807, 2.05) is 22.6 Å². The Morgan fingerprint density at radius 2 is 2.03 bits per heavy atom. The van der Waals surface area contributed by atoms with Gasteiger partial charge in [0, 0.05) is 16.9 Å². The van der Waals surface area contributed by atoms with Crippen molar-refractivity contribution < 1.29 is 23.8 Å². The number of carbonyl (C=O) groups is 2. The van der Waals surface area contributed by atoms with E-state index in [2.05, 4.69) is 10.3 Å². The van der Waals surface area contributed by atoms with Crippen molar-refractivity contribution >= 4 is 46.1 Å². The van der Waals surface area contributed by atoms with Crippen molar-refractivity contribution in [1.29, 1.82) is 0 Å². The number of allylic oxidation sites excluding steroid dienone is 1. The second-order valence-corrected chi connectivity index (χ2v) is 8.89. The van der Waals surface area contributed by atoms with E-state index in [9.17, 15) is 9.59 Å². The van der Waals surface area contributed by atoms with Crippen molar-refractivity contribution in [3.05, 3.63) is 75.9 Å². The first-order valence-electron chi connectivity index (χ1n) is 10.9. The molecule has 2 aliphatic rings. The van der Waals surface area contributed by atoms with Gasteiger partial charge < -0.3 is 24.4 Å². The highest BCUT2D eigenvalue weighted by Crippen LogP contribution is 2.43. The quantitative estimate of drug-likeness (QED) is 0.489. The monoisotopic (exact) mass is 513 g/mol. The first kappa shape index (κ1) is 24.7. The van der Waals surface area contributed by atoms with Crippen molar-refractivity contribution in [2.45, 2.75) is 19.9 Å². The van der Waals surface area contributed by atoms with Gasteiger partial charge in [-0.3, -0.25) is 4.79 Å². The summed E-state index contributed by atoms with van der Waals surface area (Å²) in [6.07, 6.45) is 1.89. The molecule has 1 N–H and O–H groups in total. The van der Waals surface area contributed by atoms with E-state index < -0.39 is 12.0 Å². The summed E-state index contributed by atoms with van der Waals surface area (Å²) in [5.41, 5.74) is 2.43. The van der Waals surface area contributed by atoms with Crippen LogP contribution in [0.1, 0.15) is 25.5 Å². The number of esters is 1. The largest absolute Gasteiger partial charge is 0.493 e. The Labute approximate surface area is 212 Å². The highest BCUT2D eigenvalue weighted by Gasteiger charge is 2.37. The average molecular weight is 514 g/mol. The number of amides is 1. The van der Waals surface area contributed by atoms with Gasteiger partial charge in [0.25, 0.3) is 5.91 Å². The average Bonchev–Trinajstić information content (AvgIpc) is 3.30. The van der Waals surface area contributed by atoms with Gasteiger partial charge in [-0.05, 0) is 55.2 Å². The van der Waals surface area contributed by atoms with Crippen molar-refractivity contribution in [2.24, 2.45) is 4.99 Å². The van der Waals surface area contributed by atoms with E-state index in [1.165, 1.54) is 18.9 Å². The van der Waals surface area contributed by atoms with E-state index in [-0.39, 0.29) is 19.1 Å². The Morgan fingerprint density at radius 1 is 1.20 bits per heavy atom. The van der Waals surface area contributed by atoms with Gasteiger partial charge in [0.1, 0.15) is 0 Å². The summed E-state index contributed by atoms with van der Waals surface area (Å²) >= 11 is 7.44. The van der Waals surface area contributed by atoms with E-state index in [0.29, 0.717) is 33.5 Å². The Bertz CT molecular complexity index is 1240. The number of benzene rings is 2. The number of anilines is 1. The molecule has 2 aliphatic heterocycles. The van der Waals surface area contributed by atoms with Crippen molar-refractivity contribution in [3.63, 3.8) is 0 Å². The normalized spacial score (nSPS) is 16.5. The highest BCUT2D eigenvalue weighted by atomic mass is 35.5. The fourth-order valence-corrected chi connectivity index (χ4v) is 4.76. The zero-order valence-electron chi connectivity index (χ0n) is 19.4. The zero-order chi connectivity index (χ0) is 24.9. The molecule has 0 spiro atoms. The molecule has 35 heavy (non-hydrogen) atoms. The fraction of sp³-hybridized carbons (Fsp3) is 0.240. The third-order valence-electron chi connectivity index (χ3n) is 5.29. The van der Waals surface area contributed by atoms with Crippen LogP contribution >= 0.6 is 23.4 Å². The number of fused-ring (bicyclic) bond motifs is 1. The molecule has 0 radical (unpaired) electrons. The minimum Gasteiger partial charge on any atom is -0.493 e. The van der Waals surface area contributed by atoms with Gasteiger partial charge in [0.05, 0.1) is 31.0 Å². The summed E-state index contributed by atoms with van der Waals surface area (Å²) in [6.45, 7) is 3.61. The second kappa shape index (κ2) is 10.9. The lowest BCUT2D eigenvalue weighted by molar-refractivity contribution is -0.139. The van der Waals surface area contributed by atoms with Gasteiger partial charge >= 0.3 is 5.97 Å². The lowest BCUT2D eigenvalue weighted by atomic mass is 9.94. The number of carbonyl (C=O) groups excluding carboxylic acids is 2. The van der Waals surface area contributed by atoms with E-state index in [1.54, 1.807) is 50.2 Å². The summed E-state index contributed by atoms with van der Waals surface area (Å²) < 4.78 is 16.6. The van der Waals surface area contributed by atoms with Gasteiger partial charge in [0.2, 0.25) is 0 Å². The molecule has 1 amide bonds. The summed E-state index contributed by atoms with van der Waals surface area (Å²) in [5, 5.41) is 5.95. The molecule has 1 atom stereocenters. The maximum Gasteiger partial charge on any atom is 0.338 e. The van der Waals surface area contributed by atoms with Crippen LogP contribution in [0.15, 0.2) is 70.3 Å². The third-order valence-corrected chi connectivity index (χ3v) is 6.29. The molecular weight excluding hydrogens is 490 g/mol. The lowest BCUT2D eigenvalue weighted by Gasteiger charge is -2.33. The molecule has 2 aromatic carbocycles. The van der Waals surface area contributed by atoms with Crippen molar-refractivity contribution in [2.75, 3.05) is 25.6 Å². The van der Waals surface area contributed by atoms with Crippen LogP contribution in [0.2, 0.25) is 5.02 Å². The summed E-state index contributed by atoms with van der Waals surface area (Å²) in [7, 11) is 1.52. The number of methoxy groups -OCH3 is 1. The van der Waals surface area contributed by atoms with Gasteiger partial charge in [-0.1, -0.05) is 35.5 Å². The number of hydrogen-bond acceptors (Lipinski definition) is 8. The number of nitrogens with one attached hydrogen (secondary N) is 1. The summed E-state index contributed by atoms with van der Waals surface area (Å²) in [5.74, 6) is 0.0692. The molecule has 182 valence electrons. The smallest absolute Gasteiger partial charge is 0.338 e. The van der Waals surface area contributed by atoms with Crippen molar-refractivity contribution in [3.8, 4) is 11.5 Å². The molecule has 0 aliphatic carbocycles. The fourth-order valence-electron chi connectivity index (χ4n) is 3.78. The van der Waals surface area contributed by atoms with Crippen LogP contribution in [0.5, 0.6) is 11.5 Å². The number of amidine groups is 1. The van der Waals surface area contributed by atoms with Gasteiger partial charge in [-0.15, -0.1) is 0 Å². The Morgan fingerprint density at radius 3 is 2.77 bits per heavy atom. The highest BCUT2D eigenvalue weighted by molar-refractivity contribution is 8.16. The Balaban J connectivity index is 1.56. The molecule has 0 unspecified atom stereocenters. The van der Waals surface area contributed by atoms with Gasteiger partial charge in [-0.2, -0.15) is 0 Å². The van der Waals surface area contributed by atoms with Crippen LogP contribution in [0, 0.1) is 0 Å². The molecule has 0 bridgehead atoms. The number of thioether (sulfide) groups is 1. The lowest BCUT2D eigenvalue weighted by Crippen LogP contribution is -2.34. The van der Waals surface area contributed by atoms with Crippen LogP contribution < -0.4 is 14.8 Å². The van der Waals surface area contributed by atoms with E-state index >= 15 is 0 Å². The first-order chi connectivity index (χ1) is 16.9. The van der Waals surface area contributed by atoms with Crippen molar-refractivity contribution in [1.82, 2.24) is 4.90 Å². The minimum atomic E-state index is -0.443. The molecule has 4 rings (SSSR count). The van der Waals surface area contributed by atoms with Crippen LogP contribution in [-0.4, -0.2) is 42.3 Å². The maximum absolute atomic E-state index is 12.8. The first-order valence-corrected chi connectivity index (χ1v) is 12.1. The number of hydrogen-bond donors (Lipinski definition) is 1. The van der Waals surface area contributed by atoms with Crippen LogP contribution in [0.3, 0.4) is 0 Å². The number of rotatable bonds is 8. The molecule has 0 saturated carbocycles. The second-order valence-electron chi connectivity index (χ2n) is 7.58. The Hall–Kier alpha value is -3.43. The Kier molecular flexibility index (Phi) is 7.67. The SMILES string of the molecule is CCOC(=O)C1=C(C)N=C2SC=CN2[C@@H]1c1ccc(OCC(=O)Nc2cccc(Cl)c2)c(OC)c1. The zero-order valence-corrected chi connectivity index (χ0v) is 21.0. The molecule has 2 aromatic rings. The third kappa shape index (κ3) is 5.47.